The first-order valence-electron chi connectivity index (χ1n) is 6.78. The summed E-state index contributed by atoms with van der Waals surface area (Å²) in [5, 5.41) is 3.39. The summed E-state index contributed by atoms with van der Waals surface area (Å²) in [6.07, 6.45) is 2.11. The molecule has 106 valence electrons. The zero-order valence-electron chi connectivity index (χ0n) is 11.9. The molecule has 0 saturated carbocycles. The normalized spacial score (nSPS) is 12.2. The van der Waals surface area contributed by atoms with Gasteiger partial charge in [-0.25, -0.2) is 0 Å². The number of aryl methyl sites for hydroxylation is 1. The molecule has 20 heavy (non-hydrogen) atoms. The van der Waals surface area contributed by atoms with E-state index in [9.17, 15) is 0 Å². The summed E-state index contributed by atoms with van der Waals surface area (Å²) in [6, 6.07) is 17.1. The van der Waals surface area contributed by atoms with E-state index in [0.29, 0.717) is 6.04 Å². The predicted octanol–water partition coefficient (Wildman–Crippen LogP) is 4.35. The van der Waals surface area contributed by atoms with E-state index in [-0.39, 0.29) is 0 Å². The lowest BCUT2D eigenvalue weighted by molar-refractivity contribution is 0.414. The molecule has 2 aromatic rings. The number of rotatable bonds is 6. The van der Waals surface area contributed by atoms with Gasteiger partial charge in [0.2, 0.25) is 0 Å². The molecule has 1 unspecified atom stereocenters. The van der Waals surface area contributed by atoms with Gasteiger partial charge in [0.05, 0.1) is 7.11 Å². The van der Waals surface area contributed by atoms with E-state index >= 15 is 0 Å². The number of hydrogen-bond acceptors (Lipinski definition) is 2. The van der Waals surface area contributed by atoms with Crippen LogP contribution in [0.25, 0.3) is 0 Å². The third kappa shape index (κ3) is 4.09. The Morgan fingerprint density at radius 2 is 1.90 bits per heavy atom. The molecule has 0 aromatic heterocycles. The molecule has 0 saturated heterocycles. The number of hydrogen-bond donors (Lipinski definition) is 1. The Bertz CT molecular complexity index is 539. The van der Waals surface area contributed by atoms with Gasteiger partial charge in [-0.3, -0.25) is 0 Å². The second-order valence-electron chi connectivity index (χ2n) is 4.78. The molecular formula is C17H20BrNO. The monoisotopic (exact) mass is 333 g/mol. The van der Waals surface area contributed by atoms with Crippen molar-refractivity contribution >= 4 is 15.9 Å². The average Bonchev–Trinajstić information content (AvgIpc) is 2.48. The standard InChI is InChI=1S/C17H20BrNO/c1-19-17(14-4-3-5-15(18)12-14)11-8-13-6-9-16(20-2)10-7-13/h3-7,9-10,12,17,19H,8,11H2,1-2H3. The first kappa shape index (κ1) is 15.1. The quantitative estimate of drug-likeness (QED) is 0.848. The van der Waals surface area contributed by atoms with Gasteiger partial charge < -0.3 is 10.1 Å². The zero-order valence-corrected chi connectivity index (χ0v) is 13.5. The van der Waals surface area contributed by atoms with E-state index in [0.717, 1.165) is 23.1 Å². The molecular weight excluding hydrogens is 314 g/mol. The minimum Gasteiger partial charge on any atom is -0.497 e. The summed E-state index contributed by atoms with van der Waals surface area (Å²) in [7, 11) is 3.71. The van der Waals surface area contributed by atoms with Crippen LogP contribution in [0, 0.1) is 0 Å². The number of halogens is 1. The Morgan fingerprint density at radius 1 is 1.15 bits per heavy atom. The maximum Gasteiger partial charge on any atom is 0.118 e. The summed E-state index contributed by atoms with van der Waals surface area (Å²) in [5.74, 6) is 0.908. The molecule has 0 heterocycles. The van der Waals surface area contributed by atoms with Crippen LogP contribution in [0.15, 0.2) is 53.0 Å². The molecule has 1 atom stereocenters. The van der Waals surface area contributed by atoms with Crippen LogP contribution in [-0.2, 0) is 6.42 Å². The van der Waals surface area contributed by atoms with Crippen LogP contribution in [0.2, 0.25) is 0 Å². The molecule has 0 fully saturated rings. The van der Waals surface area contributed by atoms with Crippen molar-refractivity contribution in [1.29, 1.82) is 0 Å². The van der Waals surface area contributed by atoms with Gasteiger partial charge in [-0.05, 0) is 55.3 Å². The summed E-state index contributed by atoms with van der Waals surface area (Å²) in [4.78, 5) is 0. The Morgan fingerprint density at radius 3 is 2.50 bits per heavy atom. The van der Waals surface area contributed by atoms with Crippen molar-refractivity contribution in [1.82, 2.24) is 5.32 Å². The highest BCUT2D eigenvalue weighted by molar-refractivity contribution is 9.10. The molecule has 2 aromatic carbocycles. The van der Waals surface area contributed by atoms with Crippen molar-refractivity contribution in [2.24, 2.45) is 0 Å². The summed E-state index contributed by atoms with van der Waals surface area (Å²) in [6.45, 7) is 0. The molecule has 0 aliphatic heterocycles. The second kappa shape index (κ2) is 7.46. The fourth-order valence-electron chi connectivity index (χ4n) is 2.30. The van der Waals surface area contributed by atoms with Gasteiger partial charge in [0.25, 0.3) is 0 Å². The Kier molecular flexibility index (Phi) is 5.62. The van der Waals surface area contributed by atoms with Crippen LogP contribution in [-0.4, -0.2) is 14.2 Å². The van der Waals surface area contributed by atoms with Crippen molar-refractivity contribution in [3.05, 3.63) is 64.1 Å². The van der Waals surface area contributed by atoms with E-state index in [2.05, 4.69) is 57.6 Å². The summed E-state index contributed by atoms with van der Waals surface area (Å²) in [5.41, 5.74) is 2.65. The van der Waals surface area contributed by atoms with Crippen LogP contribution in [0.1, 0.15) is 23.6 Å². The van der Waals surface area contributed by atoms with E-state index in [1.54, 1.807) is 7.11 Å². The third-order valence-corrected chi connectivity index (χ3v) is 3.97. The molecule has 2 rings (SSSR count). The number of benzene rings is 2. The smallest absolute Gasteiger partial charge is 0.118 e. The predicted molar refractivity (Wildman–Crippen MR) is 87.3 cm³/mol. The largest absolute Gasteiger partial charge is 0.497 e. The minimum absolute atomic E-state index is 0.370. The number of ether oxygens (including phenoxy) is 1. The lowest BCUT2D eigenvalue weighted by Crippen LogP contribution is -2.17. The first-order valence-corrected chi connectivity index (χ1v) is 7.58. The van der Waals surface area contributed by atoms with Crippen molar-refractivity contribution in [2.75, 3.05) is 14.2 Å². The highest BCUT2D eigenvalue weighted by atomic mass is 79.9. The Labute approximate surface area is 129 Å². The molecule has 1 N–H and O–H groups in total. The summed E-state index contributed by atoms with van der Waals surface area (Å²) < 4.78 is 6.31. The molecule has 0 bridgehead atoms. The number of methoxy groups -OCH3 is 1. The van der Waals surface area contributed by atoms with Gasteiger partial charge in [-0.1, -0.05) is 40.2 Å². The molecule has 3 heteroatoms. The van der Waals surface area contributed by atoms with Gasteiger partial charge in [-0.15, -0.1) is 0 Å². The maximum absolute atomic E-state index is 5.18. The van der Waals surface area contributed by atoms with Crippen LogP contribution in [0.5, 0.6) is 5.75 Å². The van der Waals surface area contributed by atoms with Gasteiger partial charge in [0.15, 0.2) is 0 Å². The van der Waals surface area contributed by atoms with Gasteiger partial charge in [0, 0.05) is 10.5 Å². The maximum atomic E-state index is 5.18. The lowest BCUT2D eigenvalue weighted by atomic mass is 9.99. The highest BCUT2D eigenvalue weighted by Gasteiger charge is 2.09. The van der Waals surface area contributed by atoms with Crippen molar-refractivity contribution < 1.29 is 4.74 Å². The van der Waals surface area contributed by atoms with Crippen molar-refractivity contribution in [2.45, 2.75) is 18.9 Å². The zero-order chi connectivity index (χ0) is 14.4. The van der Waals surface area contributed by atoms with Crippen LogP contribution < -0.4 is 10.1 Å². The fourth-order valence-corrected chi connectivity index (χ4v) is 2.72. The van der Waals surface area contributed by atoms with Crippen LogP contribution in [0.4, 0.5) is 0 Å². The molecule has 2 nitrogen and oxygen atoms in total. The Hall–Kier alpha value is -1.32. The second-order valence-corrected chi connectivity index (χ2v) is 5.70. The van der Waals surface area contributed by atoms with Gasteiger partial charge >= 0.3 is 0 Å². The first-order chi connectivity index (χ1) is 9.72. The molecule has 0 radical (unpaired) electrons. The van der Waals surface area contributed by atoms with E-state index < -0.39 is 0 Å². The van der Waals surface area contributed by atoms with Gasteiger partial charge in [-0.2, -0.15) is 0 Å². The minimum atomic E-state index is 0.370. The topological polar surface area (TPSA) is 21.3 Å². The van der Waals surface area contributed by atoms with Crippen molar-refractivity contribution in [3.63, 3.8) is 0 Å². The lowest BCUT2D eigenvalue weighted by Gasteiger charge is -2.17. The molecule has 0 amide bonds. The average molecular weight is 334 g/mol. The molecule has 0 aliphatic rings. The fraction of sp³-hybridized carbons (Fsp3) is 0.294. The summed E-state index contributed by atoms with van der Waals surface area (Å²) >= 11 is 3.53. The van der Waals surface area contributed by atoms with Crippen LogP contribution >= 0.6 is 15.9 Å². The molecule has 0 spiro atoms. The highest BCUT2D eigenvalue weighted by Crippen LogP contribution is 2.22. The number of nitrogens with one attached hydrogen (secondary N) is 1. The van der Waals surface area contributed by atoms with Gasteiger partial charge in [0.1, 0.15) is 5.75 Å². The van der Waals surface area contributed by atoms with E-state index in [1.807, 2.05) is 19.2 Å². The molecule has 0 aliphatic carbocycles. The van der Waals surface area contributed by atoms with Crippen LogP contribution in [0.3, 0.4) is 0 Å². The third-order valence-electron chi connectivity index (χ3n) is 3.48. The van der Waals surface area contributed by atoms with Crippen molar-refractivity contribution in [3.8, 4) is 5.75 Å². The van der Waals surface area contributed by atoms with E-state index in [1.165, 1.54) is 11.1 Å². The Balaban J connectivity index is 1.99. The SMILES string of the molecule is CNC(CCc1ccc(OC)cc1)c1cccc(Br)c1. The van der Waals surface area contributed by atoms with E-state index in [4.69, 9.17) is 4.74 Å².